The predicted molar refractivity (Wildman–Crippen MR) is 64.3 cm³/mol. The Balaban J connectivity index is 2.68. The molecule has 0 spiro atoms. The van der Waals surface area contributed by atoms with Gasteiger partial charge in [-0.25, -0.2) is 4.79 Å². The van der Waals surface area contributed by atoms with E-state index in [0.29, 0.717) is 18.3 Å². The van der Waals surface area contributed by atoms with Gasteiger partial charge in [-0.15, -0.1) is 0 Å². The first-order chi connectivity index (χ1) is 8.71. The van der Waals surface area contributed by atoms with Crippen LogP contribution in [0.25, 0.3) is 0 Å². The Bertz CT molecular complexity index is 386. The van der Waals surface area contributed by atoms with Crippen LogP contribution in [0.15, 0.2) is 12.4 Å². The average molecular weight is 255 g/mol. The zero-order valence-corrected chi connectivity index (χ0v) is 10.4. The van der Waals surface area contributed by atoms with Gasteiger partial charge in [0.05, 0.1) is 32.7 Å². The number of ether oxygens (including phenoxy) is 2. The highest BCUT2D eigenvalue weighted by Crippen LogP contribution is 2.10. The molecule has 18 heavy (non-hydrogen) atoms. The average Bonchev–Trinajstić information content (AvgIpc) is 2.42. The molecule has 0 fully saturated rings. The molecule has 0 saturated carbocycles. The summed E-state index contributed by atoms with van der Waals surface area (Å²) >= 11 is 0. The van der Waals surface area contributed by atoms with E-state index in [-0.39, 0.29) is 0 Å². The molecule has 0 amide bonds. The van der Waals surface area contributed by atoms with Crippen molar-refractivity contribution < 1.29 is 19.4 Å². The fourth-order valence-electron chi connectivity index (χ4n) is 1.19. The minimum absolute atomic E-state index is 0.341. The maximum absolute atomic E-state index is 11.3. The van der Waals surface area contributed by atoms with Gasteiger partial charge in [-0.1, -0.05) is 6.92 Å². The summed E-state index contributed by atoms with van der Waals surface area (Å²) in [5.74, 6) is 0.135. The third-order valence-electron chi connectivity index (χ3n) is 2.06. The van der Waals surface area contributed by atoms with Gasteiger partial charge in [-0.3, -0.25) is 4.98 Å². The van der Waals surface area contributed by atoms with E-state index in [0.717, 1.165) is 6.42 Å². The molecule has 1 heterocycles. The van der Waals surface area contributed by atoms with E-state index in [9.17, 15) is 4.79 Å². The lowest BCUT2D eigenvalue weighted by molar-refractivity contribution is -0.142. The summed E-state index contributed by atoms with van der Waals surface area (Å²) in [6, 6.07) is -0.870. The molecule has 7 heteroatoms. The summed E-state index contributed by atoms with van der Waals surface area (Å²) in [5, 5.41) is 11.8. The van der Waals surface area contributed by atoms with Gasteiger partial charge in [0.1, 0.15) is 11.9 Å². The van der Waals surface area contributed by atoms with E-state index in [4.69, 9.17) is 9.84 Å². The van der Waals surface area contributed by atoms with Crippen molar-refractivity contribution in [1.29, 1.82) is 0 Å². The quantitative estimate of drug-likeness (QED) is 0.673. The predicted octanol–water partition coefficient (Wildman–Crippen LogP) is 0.211. The highest BCUT2D eigenvalue weighted by atomic mass is 16.5. The first-order valence-electron chi connectivity index (χ1n) is 5.61. The van der Waals surface area contributed by atoms with Gasteiger partial charge in [-0.05, 0) is 6.42 Å². The topological polar surface area (TPSA) is 93.6 Å². The summed E-state index contributed by atoms with van der Waals surface area (Å²) in [6.45, 7) is 2.13. The van der Waals surface area contributed by atoms with Crippen molar-refractivity contribution in [3.05, 3.63) is 12.4 Å². The Morgan fingerprint density at radius 2 is 2.33 bits per heavy atom. The molecule has 2 N–H and O–H groups in total. The van der Waals surface area contributed by atoms with E-state index in [1.54, 1.807) is 0 Å². The maximum Gasteiger partial charge on any atom is 0.330 e. The molecule has 0 bridgehead atoms. The van der Waals surface area contributed by atoms with Gasteiger partial charge >= 0.3 is 5.97 Å². The number of aromatic nitrogens is 2. The standard InChI is InChI=1S/C11H17N3O4/c1-3-4-18-10-6-12-5-9(14-10)13-8(7-15)11(16)17-2/h5-6,8,15H,3-4,7H2,1-2H3,(H,13,14). The lowest BCUT2D eigenvalue weighted by Crippen LogP contribution is -2.34. The first kappa shape index (κ1) is 14.2. The second kappa shape index (κ2) is 7.44. The van der Waals surface area contributed by atoms with Crippen LogP contribution in [0.5, 0.6) is 5.88 Å². The lowest BCUT2D eigenvalue weighted by Gasteiger charge is -2.14. The van der Waals surface area contributed by atoms with Gasteiger partial charge in [0.25, 0.3) is 0 Å². The van der Waals surface area contributed by atoms with Crippen molar-refractivity contribution in [3.8, 4) is 5.88 Å². The first-order valence-corrected chi connectivity index (χ1v) is 5.61. The van der Waals surface area contributed by atoms with E-state index in [1.165, 1.54) is 19.5 Å². The normalized spacial score (nSPS) is 11.7. The molecule has 1 atom stereocenters. The van der Waals surface area contributed by atoms with Gasteiger partial charge in [-0.2, -0.15) is 4.98 Å². The number of hydrogen-bond acceptors (Lipinski definition) is 7. The Morgan fingerprint density at radius 3 is 2.94 bits per heavy atom. The number of aliphatic hydroxyl groups excluding tert-OH is 1. The Morgan fingerprint density at radius 1 is 1.56 bits per heavy atom. The van der Waals surface area contributed by atoms with Crippen LogP contribution < -0.4 is 10.1 Å². The smallest absolute Gasteiger partial charge is 0.330 e. The molecule has 0 saturated heterocycles. The molecule has 0 aliphatic rings. The number of hydrogen-bond donors (Lipinski definition) is 2. The van der Waals surface area contributed by atoms with Crippen LogP contribution in [0.4, 0.5) is 5.82 Å². The summed E-state index contributed by atoms with van der Waals surface area (Å²) < 4.78 is 9.84. The summed E-state index contributed by atoms with van der Waals surface area (Å²) in [7, 11) is 1.25. The number of methoxy groups -OCH3 is 1. The van der Waals surface area contributed by atoms with Crippen LogP contribution in [0.1, 0.15) is 13.3 Å². The minimum atomic E-state index is -0.870. The number of nitrogens with zero attached hydrogens (tertiary/aromatic N) is 2. The third-order valence-corrected chi connectivity index (χ3v) is 2.06. The molecule has 0 radical (unpaired) electrons. The molecule has 0 aromatic carbocycles. The second-order valence-corrected chi connectivity index (χ2v) is 3.49. The van der Waals surface area contributed by atoms with Crippen LogP contribution in [0.2, 0.25) is 0 Å². The molecular weight excluding hydrogens is 238 g/mol. The van der Waals surface area contributed by atoms with Gasteiger partial charge < -0.3 is 19.9 Å². The fourth-order valence-corrected chi connectivity index (χ4v) is 1.19. The van der Waals surface area contributed by atoms with E-state index in [2.05, 4.69) is 20.0 Å². The Labute approximate surface area is 105 Å². The van der Waals surface area contributed by atoms with Crippen molar-refractivity contribution >= 4 is 11.8 Å². The van der Waals surface area contributed by atoms with E-state index >= 15 is 0 Å². The number of aliphatic hydroxyl groups is 1. The minimum Gasteiger partial charge on any atom is -0.477 e. The van der Waals surface area contributed by atoms with Crippen LogP contribution in [-0.2, 0) is 9.53 Å². The second-order valence-electron chi connectivity index (χ2n) is 3.49. The van der Waals surface area contributed by atoms with Crippen molar-refractivity contribution in [2.24, 2.45) is 0 Å². The number of rotatable bonds is 7. The van der Waals surface area contributed by atoms with Gasteiger partial charge in [0.2, 0.25) is 5.88 Å². The van der Waals surface area contributed by atoms with Crippen LogP contribution in [-0.4, -0.2) is 47.4 Å². The largest absolute Gasteiger partial charge is 0.477 e. The highest BCUT2D eigenvalue weighted by molar-refractivity contribution is 5.78. The monoisotopic (exact) mass is 255 g/mol. The number of carbonyl (C=O) groups excluding carboxylic acids is 1. The molecule has 0 aliphatic carbocycles. The maximum atomic E-state index is 11.3. The number of nitrogens with one attached hydrogen (secondary N) is 1. The van der Waals surface area contributed by atoms with Crippen molar-refractivity contribution in [2.75, 3.05) is 25.6 Å². The van der Waals surface area contributed by atoms with Crippen LogP contribution in [0, 0.1) is 0 Å². The molecule has 7 nitrogen and oxygen atoms in total. The van der Waals surface area contributed by atoms with E-state index in [1.807, 2.05) is 6.92 Å². The molecule has 100 valence electrons. The van der Waals surface area contributed by atoms with Crippen molar-refractivity contribution in [3.63, 3.8) is 0 Å². The fraction of sp³-hybridized carbons (Fsp3) is 0.545. The molecule has 1 aromatic rings. The Kier molecular flexibility index (Phi) is 5.86. The van der Waals surface area contributed by atoms with Crippen LogP contribution in [0.3, 0.4) is 0 Å². The Hall–Kier alpha value is -1.89. The molecule has 1 aromatic heterocycles. The molecular formula is C11H17N3O4. The third kappa shape index (κ3) is 4.17. The van der Waals surface area contributed by atoms with Crippen molar-refractivity contribution in [2.45, 2.75) is 19.4 Å². The molecule has 1 unspecified atom stereocenters. The zero-order valence-electron chi connectivity index (χ0n) is 10.4. The summed E-state index contributed by atoms with van der Waals surface area (Å²) in [6.07, 6.45) is 3.78. The summed E-state index contributed by atoms with van der Waals surface area (Å²) in [4.78, 5) is 19.3. The molecule has 0 aliphatic heterocycles. The number of carbonyl (C=O) groups is 1. The zero-order chi connectivity index (χ0) is 13.4. The van der Waals surface area contributed by atoms with Gasteiger partial charge in [0, 0.05) is 0 Å². The van der Waals surface area contributed by atoms with Crippen molar-refractivity contribution in [1.82, 2.24) is 9.97 Å². The van der Waals surface area contributed by atoms with Crippen LogP contribution >= 0.6 is 0 Å². The lowest BCUT2D eigenvalue weighted by atomic mass is 10.3. The summed E-state index contributed by atoms with van der Waals surface area (Å²) in [5.41, 5.74) is 0. The highest BCUT2D eigenvalue weighted by Gasteiger charge is 2.18. The SMILES string of the molecule is CCCOc1cncc(NC(CO)C(=O)OC)n1. The van der Waals surface area contributed by atoms with E-state index < -0.39 is 18.6 Å². The number of esters is 1. The number of anilines is 1. The van der Waals surface area contributed by atoms with Gasteiger partial charge in [0.15, 0.2) is 0 Å². The molecule has 1 rings (SSSR count).